The quantitative estimate of drug-likeness (QED) is 0.830. The van der Waals surface area contributed by atoms with Crippen molar-refractivity contribution in [3.05, 3.63) is 42.5 Å². The molecule has 4 nitrogen and oxygen atoms in total. The Morgan fingerprint density at radius 1 is 1.25 bits per heavy atom. The molecule has 4 heteroatoms. The molecular formula is C16H17NO3. The first-order valence-electron chi connectivity index (χ1n) is 6.81. The van der Waals surface area contributed by atoms with Gasteiger partial charge in [-0.3, -0.25) is 9.59 Å². The largest absolute Gasteiger partial charge is 0.481 e. The molecule has 0 aliphatic heterocycles. The summed E-state index contributed by atoms with van der Waals surface area (Å²) in [6, 6.07) is 9.17. The van der Waals surface area contributed by atoms with Crippen LogP contribution in [0.4, 0.5) is 5.69 Å². The lowest BCUT2D eigenvalue weighted by atomic mass is 9.69. The van der Waals surface area contributed by atoms with Crippen LogP contribution in [-0.4, -0.2) is 17.0 Å². The number of benzene rings is 1. The van der Waals surface area contributed by atoms with E-state index in [4.69, 9.17) is 0 Å². The minimum Gasteiger partial charge on any atom is -0.481 e. The summed E-state index contributed by atoms with van der Waals surface area (Å²) in [6.45, 7) is 1.78. The van der Waals surface area contributed by atoms with Crippen molar-refractivity contribution < 1.29 is 14.7 Å². The number of para-hydroxylation sites is 1. The van der Waals surface area contributed by atoms with E-state index in [-0.39, 0.29) is 17.7 Å². The molecule has 0 radical (unpaired) electrons. The van der Waals surface area contributed by atoms with E-state index in [0.29, 0.717) is 5.69 Å². The predicted molar refractivity (Wildman–Crippen MR) is 75.0 cm³/mol. The minimum atomic E-state index is -0.882. The summed E-state index contributed by atoms with van der Waals surface area (Å²) in [4.78, 5) is 24.2. The second-order valence-electron chi connectivity index (χ2n) is 5.81. The fraction of sp³-hybridized carbons (Fsp3) is 0.375. The van der Waals surface area contributed by atoms with Crippen molar-refractivity contribution in [2.75, 3.05) is 5.32 Å². The number of carbonyl (C=O) groups excluding carboxylic acids is 1. The molecule has 1 saturated carbocycles. The lowest BCUT2D eigenvalue weighted by Crippen LogP contribution is -2.46. The Morgan fingerprint density at radius 2 is 1.95 bits per heavy atom. The summed E-state index contributed by atoms with van der Waals surface area (Å²) in [5.41, 5.74) is -0.171. The topological polar surface area (TPSA) is 66.4 Å². The lowest BCUT2D eigenvalue weighted by molar-refractivity contribution is -0.151. The van der Waals surface area contributed by atoms with Crippen molar-refractivity contribution in [3.8, 4) is 0 Å². The maximum absolute atomic E-state index is 12.6. The van der Waals surface area contributed by atoms with Crippen molar-refractivity contribution in [3.63, 3.8) is 0 Å². The highest BCUT2D eigenvalue weighted by Crippen LogP contribution is 2.56. The Hall–Kier alpha value is -2.10. The fourth-order valence-electron chi connectivity index (χ4n) is 3.63. The zero-order chi connectivity index (χ0) is 14.3. The van der Waals surface area contributed by atoms with E-state index in [1.165, 1.54) is 0 Å². The number of nitrogens with one attached hydrogen (secondary N) is 1. The summed E-state index contributed by atoms with van der Waals surface area (Å²) >= 11 is 0. The smallest absolute Gasteiger partial charge is 0.308 e. The summed E-state index contributed by atoms with van der Waals surface area (Å²) in [7, 11) is 0. The maximum Gasteiger partial charge on any atom is 0.308 e. The molecule has 1 aromatic rings. The highest BCUT2D eigenvalue weighted by molar-refractivity contribution is 5.99. The normalized spacial score (nSPS) is 34.1. The van der Waals surface area contributed by atoms with E-state index in [1.54, 1.807) is 19.1 Å². The van der Waals surface area contributed by atoms with Crippen molar-refractivity contribution in [1.29, 1.82) is 0 Å². The van der Waals surface area contributed by atoms with Crippen molar-refractivity contribution in [1.82, 2.24) is 0 Å². The number of fused-ring (bicyclic) bond motifs is 2. The van der Waals surface area contributed by atoms with Gasteiger partial charge in [-0.2, -0.15) is 0 Å². The number of allylic oxidation sites excluding steroid dienone is 2. The number of aliphatic carboxylic acids is 1. The molecule has 0 spiro atoms. The minimum absolute atomic E-state index is 0.0114. The number of rotatable bonds is 3. The van der Waals surface area contributed by atoms with Crippen LogP contribution in [0.15, 0.2) is 42.5 Å². The molecule has 3 rings (SSSR count). The van der Waals surface area contributed by atoms with Crippen LogP contribution in [0.3, 0.4) is 0 Å². The van der Waals surface area contributed by atoms with E-state index >= 15 is 0 Å². The monoisotopic (exact) mass is 271 g/mol. The Kier molecular flexibility index (Phi) is 2.89. The van der Waals surface area contributed by atoms with Gasteiger partial charge in [-0.25, -0.2) is 0 Å². The highest BCUT2D eigenvalue weighted by Gasteiger charge is 2.60. The lowest BCUT2D eigenvalue weighted by Gasteiger charge is -2.34. The molecule has 2 aliphatic rings. The van der Waals surface area contributed by atoms with Crippen LogP contribution >= 0.6 is 0 Å². The van der Waals surface area contributed by atoms with E-state index in [0.717, 1.165) is 6.42 Å². The predicted octanol–water partition coefficient (Wildman–Crippen LogP) is 2.54. The number of carbonyl (C=O) groups is 2. The summed E-state index contributed by atoms with van der Waals surface area (Å²) < 4.78 is 0. The first-order chi connectivity index (χ1) is 9.53. The standard InChI is InChI=1S/C16H17NO3/c1-16(15(20)17-12-5-3-2-4-6-12)11-8-7-10(9-11)13(16)14(18)19/h2-8,10-11,13H,9H2,1H3,(H,17,20)(H,18,19). The van der Waals surface area contributed by atoms with Gasteiger partial charge in [0.25, 0.3) is 0 Å². The molecule has 0 aromatic heterocycles. The average Bonchev–Trinajstić information content (AvgIpc) is 2.99. The molecule has 1 aromatic carbocycles. The van der Waals surface area contributed by atoms with Crippen LogP contribution in [0.2, 0.25) is 0 Å². The Labute approximate surface area is 117 Å². The fourth-order valence-corrected chi connectivity index (χ4v) is 3.63. The van der Waals surface area contributed by atoms with E-state index < -0.39 is 17.3 Å². The van der Waals surface area contributed by atoms with Gasteiger partial charge >= 0.3 is 5.97 Å². The van der Waals surface area contributed by atoms with E-state index in [1.807, 2.05) is 30.4 Å². The molecular weight excluding hydrogens is 254 g/mol. The molecule has 0 saturated heterocycles. The molecule has 4 unspecified atom stereocenters. The van der Waals surface area contributed by atoms with Crippen molar-refractivity contribution >= 4 is 17.6 Å². The number of carboxylic acids is 1. The first kappa shape index (κ1) is 12.9. The Balaban J connectivity index is 1.89. The number of hydrogen-bond donors (Lipinski definition) is 2. The van der Waals surface area contributed by atoms with Crippen LogP contribution in [-0.2, 0) is 9.59 Å². The van der Waals surface area contributed by atoms with Crippen molar-refractivity contribution in [2.45, 2.75) is 13.3 Å². The average molecular weight is 271 g/mol. The number of hydrogen-bond acceptors (Lipinski definition) is 2. The molecule has 2 N–H and O–H groups in total. The van der Waals surface area contributed by atoms with Crippen LogP contribution in [0.5, 0.6) is 0 Å². The number of carboxylic acid groups (broad SMARTS) is 1. The molecule has 2 aliphatic carbocycles. The Bertz CT molecular complexity index is 581. The summed E-state index contributed by atoms with van der Waals surface area (Å²) in [5.74, 6) is -1.73. The summed E-state index contributed by atoms with van der Waals surface area (Å²) in [6.07, 6.45) is 4.70. The van der Waals surface area contributed by atoms with Gasteiger partial charge in [0.1, 0.15) is 0 Å². The Morgan fingerprint density at radius 3 is 2.60 bits per heavy atom. The zero-order valence-electron chi connectivity index (χ0n) is 11.2. The van der Waals surface area contributed by atoms with Gasteiger partial charge < -0.3 is 10.4 Å². The molecule has 20 heavy (non-hydrogen) atoms. The summed E-state index contributed by atoms with van der Waals surface area (Å²) in [5, 5.41) is 12.3. The van der Waals surface area contributed by atoms with Gasteiger partial charge in [0.05, 0.1) is 11.3 Å². The SMILES string of the molecule is CC1(C(=O)Nc2ccccc2)C2C=CC(C2)C1C(=O)O. The third-order valence-electron chi connectivity index (χ3n) is 4.75. The number of amides is 1. The molecule has 1 fully saturated rings. The van der Waals surface area contributed by atoms with Crippen LogP contribution in [0.25, 0.3) is 0 Å². The second kappa shape index (κ2) is 4.47. The van der Waals surface area contributed by atoms with Crippen LogP contribution < -0.4 is 5.32 Å². The maximum atomic E-state index is 12.6. The van der Waals surface area contributed by atoms with Crippen LogP contribution in [0, 0.1) is 23.2 Å². The highest BCUT2D eigenvalue weighted by atomic mass is 16.4. The van der Waals surface area contributed by atoms with Gasteiger partial charge in [0.15, 0.2) is 0 Å². The molecule has 0 heterocycles. The van der Waals surface area contributed by atoms with Crippen molar-refractivity contribution in [2.24, 2.45) is 23.2 Å². The van der Waals surface area contributed by atoms with E-state index in [2.05, 4.69) is 5.32 Å². The third-order valence-corrected chi connectivity index (χ3v) is 4.75. The van der Waals surface area contributed by atoms with Crippen LogP contribution in [0.1, 0.15) is 13.3 Å². The van der Waals surface area contributed by atoms with Gasteiger partial charge in [0.2, 0.25) is 5.91 Å². The second-order valence-corrected chi connectivity index (χ2v) is 5.81. The van der Waals surface area contributed by atoms with E-state index in [9.17, 15) is 14.7 Å². The molecule has 104 valence electrons. The molecule has 4 atom stereocenters. The van der Waals surface area contributed by atoms with Gasteiger partial charge in [-0.15, -0.1) is 0 Å². The molecule has 1 amide bonds. The van der Waals surface area contributed by atoms with Gasteiger partial charge in [-0.05, 0) is 37.3 Å². The van der Waals surface area contributed by atoms with Gasteiger partial charge in [-0.1, -0.05) is 30.4 Å². The first-order valence-corrected chi connectivity index (χ1v) is 6.81. The number of anilines is 1. The van der Waals surface area contributed by atoms with Gasteiger partial charge in [0, 0.05) is 5.69 Å². The molecule has 2 bridgehead atoms. The third kappa shape index (κ3) is 1.75. The zero-order valence-corrected chi connectivity index (χ0v) is 11.2.